The van der Waals surface area contributed by atoms with E-state index in [0.717, 1.165) is 0 Å². The fourth-order valence-corrected chi connectivity index (χ4v) is 5.23. The molecular weight excluding hydrogens is 464 g/mol. The SMILES string of the molecule is O=C(O[C@H]1[C@H](n2cnc3ncnc(Cl)c32)SC[C@H]1OC(=O)c1ccccc1)c1ccccc1. The number of rotatable bonds is 5. The summed E-state index contributed by atoms with van der Waals surface area (Å²) in [5.74, 6) is -0.582. The normalized spacial score (nSPS) is 20.0. The minimum Gasteiger partial charge on any atom is -0.454 e. The Morgan fingerprint density at radius 2 is 1.55 bits per heavy atom. The molecule has 0 radical (unpaired) electrons. The predicted octanol–water partition coefficient (Wildman–Crippen LogP) is 4.18. The van der Waals surface area contributed by atoms with Gasteiger partial charge in [0.05, 0.1) is 17.5 Å². The number of imidazole rings is 1. The molecule has 0 amide bonds. The Morgan fingerprint density at radius 3 is 2.21 bits per heavy atom. The summed E-state index contributed by atoms with van der Waals surface area (Å²) >= 11 is 7.79. The first-order chi connectivity index (χ1) is 16.1. The van der Waals surface area contributed by atoms with Crippen molar-refractivity contribution in [1.29, 1.82) is 0 Å². The average Bonchev–Trinajstić information content (AvgIpc) is 3.45. The highest BCUT2D eigenvalue weighted by molar-refractivity contribution is 7.99. The molecule has 2 aromatic carbocycles. The number of benzene rings is 2. The third kappa shape index (κ3) is 4.29. The first-order valence-electron chi connectivity index (χ1n) is 10.1. The van der Waals surface area contributed by atoms with Crippen LogP contribution >= 0.6 is 23.4 Å². The molecule has 5 rings (SSSR count). The molecule has 3 atom stereocenters. The summed E-state index contributed by atoms with van der Waals surface area (Å²) in [6, 6.07) is 17.3. The van der Waals surface area contributed by atoms with E-state index in [-0.39, 0.29) is 5.15 Å². The molecule has 0 saturated carbocycles. The largest absolute Gasteiger partial charge is 0.454 e. The zero-order valence-electron chi connectivity index (χ0n) is 17.1. The van der Waals surface area contributed by atoms with Crippen LogP contribution in [-0.4, -0.2) is 49.4 Å². The van der Waals surface area contributed by atoms with Gasteiger partial charge in [0, 0.05) is 5.75 Å². The van der Waals surface area contributed by atoms with Crippen LogP contribution in [0.1, 0.15) is 26.1 Å². The maximum absolute atomic E-state index is 12.9. The number of halogens is 1. The van der Waals surface area contributed by atoms with Gasteiger partial charge in [-0.1, -0.05) is 48.0 Å². The molecule has 3 heterocycles. The summed E-state index contributed by atoms with van der Waals surface area (Å²) in [4.78, 5) is 38.1. The van der Waals surface area contributed by atoms with Crippen LogP contribution in [0.25, 0.3) is 11.2 Å². The molecule has 8 nitrogen and oxygen atoms in total. The quantitative estimate of drug-likeness (QED) is 0.310. The molecule has 1 saturated heterocycles. The molecule has 2 aromatic heterocycles. The van der Waals surface area contributed by atoms with Gasteiger partial charge in [0.2, 0.25) is 0 Å². The smallest absolute Gasteiger partial charge is 0.338 e. The molecule has 0 N–H and O–H groups in total. The third-order valence-corrected chi connectivity index (χ3v) is 6.83. The highest BCUT2D eigenvalue weighted by atomic mass is 35.5. The summed E-state index contributed by atoms with van der Waals surface area (Å²) in [6.45, 7) is 0. The van der Waals surface area contributed by atoms with Gasteiger partial charge >= 0.3 is 11.9 Å². The first-order valence-corrected chi connectivity index (χ1v) is 11.5. The van der Waals surface area contributed by atoms with Crippen LogP contribution in [0, 0.1) is 0 Å². The van der Waals surface area contributed by atoms with Crippen molar-refractivity contribution in [2.24, 2.45) is 0 Å². The summed E-state index contributed by atoms with van der Waals surface area (Å²) in [6.07, 6.45) is 1.44. The molecule has 1 fully saturated rings. The zero-order chi connectivity index (χ0) is 22.8. The van der Waals surface area contributed by atoms with Crippen LogP contribution < -0.4 is 0 Å². The summed E-state index contributed by atoms with van der Waals surface area (Å²) in [5, 5.41) is -0.212. The van der Waals surface area contributed by atoms with Crippen LogP contribution in [0.4, 0.5) is 0 Å². The lowest BCUT2D eigenvalue weighted by Gasteiger charge is -2.25. The zero-order valence-corrected chi connectivity index (χ0v) is 18.6. The second kappa shape index (κ2) is 9.21. The number of ether oxygens (including phenoxy) is 2. The van der Waals surface area contributed by atoms with Crippen molar-refractivity contribution in [1.82, 2.24) is 19.5 Å². The van der Waals surface area contributed by atoms with Gasteiger partial charge in [0.15, 0.2) is 23.0 Å². The standard InChI is InChI=1S/C23H17ClN4O4S/c24-19-17-20(26-12-25-19)27-13-28(17)21-18(32-23(30)15-9-5-2-6-10-15)16(11-33-21)31-22(29)14-7-3-1-4-8-14/h1-10,12-13,16,18,21H,11H2/t16-,18-,21-/m1/s1. The number of esters is 2. The van der Waals surface area contributed by atoms with Crippen LogP contribution in [0.5, 0.6) is 0 Å². The Balaban J connectivity index is 1.47. The number of carbonyl (C=O) groups is 2. The predicted molar refractivity (Wildman–Crippen MR) is 123 cm³/mol. The molecule has 0 spiro atoms. The Morgan fingerprint density at radius 1 is 0.909 bits per heavy atom. The van der Waals surface area contributed by atoms with E-state index in [9.17, 15) is 9.59 Å². The number of aromatic nitrogens is 4. The Labute approximate surface area is 197 Å². The molecule has 1 aliphatic rings. The van der Waals surface area contributed by atoms with E-state index in [1.807, 2.05) is 12.1 Å². The average molecular weight is 481 g/mol. The van der Waals surface area contributed by atoms with Crippen molar-refractivity contribution in [3.05, 3.63) is 89.6 Å². The molecule has 166 valence electrons. The highest BCUT2D eigenvalue weighted by Gasteiger charge is 2.44. The lowest BCUT2D eigenvalue weighted by atomic mass is 10.2. The van der Waals surface area contributed by atoms with Crippen molar-refractivity contribution < 1.29 is 19.1 Å². The maximum Gasteiger partial charge on any atom is 0.338 e. The second-order valence-corrected chi connectivity index (χ2v) is 8.77. The highest BCUT2D eigenvalue weighted by Crippen LogP contribution is 2.42. The van der Waals surface area contributed by atoms with Gasteiger partial charge in [-0.25, -0.2) is 24.5 Å². The monoisotopic (exact) mass is 480 g/mol. The van der Waals surface area contributed by atoms with E-state index in [2.05, 4.69) is 15.0 Å². The molecular formula is C23H17ClN4O4S. The van der Waals surface area contributed by atoms with E-state index >= 15 is 0 Å². The Kier molecular flexibility index (Phi) is 5.97. The topological polar surface area (TPSA) is 96.2 Å². The minimum atomic E-state index is -0.788. The fourth-order valence-electron chi connectivity index (χ4n) is 3.62. The van der Waals surface area contributed by atoms with Crippen LogP contribution in [-0.2, 0) is 9.47 Å². The minimum absolute atomic E-state index is 0.232. The number of fused-ring (bicyclic) bond motifs is 1. The molecule has 1 aliphatic heterocycles. The fraction of sp³-hybridized carbons (Fsp3) is 0.174. The maximum atomic E-state index is 12.9. The van der Waals surface area contributed by atoms with Gasteiger partial charge in [-0.05, 0) is 24.3 Å². The van der Waals surface area contributed by atoms with Gasteiger partial charge in [-0.3, -0.25) is 0 Å². The molecule has 0 bridgehead atoms. The third-order valence-electron chi connectivity index (χ3n) is 5.19. The molecule has 0 aliphatic carbocycles. The number of nitrogens with zero attached hydrogens (tertiary/aromatic N) is 4. The van der Waals surface area contributed by atoms with E-state index in [0.29, 0.717) is 28.0 Å². The van der Waals surface area contributed by atoms with Gasteiger partial charge in [0.25, 0.3) is 0 Å². The van der Waals surface area contributed by atoms with Gasteiger partial charge in [-0.15, -0.1) is 11.8 Å². The van der Waals surface area contributed by atoms with Crippen LogP contribution in [0.2, 0.25) is 5.15 Å². The summed E-state index contributed by atoms with van der Waals surface area (Å²) in [7, 11) is 0. The number of hydrogen-bond donors (Lipinski definition) is 0. The number of carbonyl (C=O) groups excluding carboxylic acids is 2. The van der Waals surface area contributed by atoms with Crippen LogP contribution in [0.15, 0.2) is 73.3 Å². The molecule has 10 heteroatoms. The van der Waals surface area contributed by atoms with Gasteiger partial charge in [0.1, 0.15) is 17.2 Å². The second-order valence-electron chi connectivity index (χ2n) is 7.26. The van der Waals surface area contributed by atoms with E-state index in [1.54, 1.807) is 59.4 Å². The van der Waals surface area contributed by atoms with E-state index in [4.69, 9.17) is 21.1 Å². The van der Waals surface area contributed by atoms with Crippen molar-refractivity contribution >= 4 is 46.5 Å². The van der Waals surface area contributed by atoms with Crippen molar-refractivity contribution in [3.8, 4) is 0 Å². The molecule has 0 unspecified atom stereocenters. The van der Waals surface area contributed by atoms with Gasteiger partial charge < -0.3 is 14.0 Å². The van der Waals surface area contributed by atoms with Crippen molar-refractivity contribution in [3.63, 3.8) is 0 Å². The molecule has 4 aromatic rings. The van der Waals surface area contributed by atoms with E-state index in [1.165, 1.54) is 18.1 Å². The van der Waals surface area contributed by atoms with Crippen molar-refractivity contribution in [2.45, 2.75) is 17.6 Å². The summed E-state index contributed by atoms with van der Waals surface area (Å²) in [5.41, 5.74) is 1.77. The lowest BCUT2D eigenvalue weighted by Crippen LogP contribution is -2.36. The van der Waals surface area contributed by atoms with Crippen molar-refractivity contribution in [2.75, 3.05) is 5.75 Å². The number of hydrogen-bond acceptors (Lipinski definition) is 8. The van der Waals surface area contributed by atoms with Crippen LogP contribution in [0.3, 0.4) is 0 Å². The number of thioether (sulfide) groups is 1. The lowest BCUT2D eigenvalue weighted by molar-refractivity contribution is -0.0295. The first kappa shape index (κ1) is 21.4. The Hall–Kier alpha value is -3.43. The van der Waals surface area contributed by atoms with Gasteiger partial charge in [-0.2, -0.15) is 0 Å². The summed E-state index contributed by atoms with van der Waals surface area (Å²) < 4.78 is 13.5. The molecule has 33 heavy (non-hydrogen) atoms. The van der Waals surface area contributed by atoms with E-state index < -0.39 is 29.5 Å². The Bertz CT molecular complexity index is 1300.